The maximum Gasteiger partial charge on any atom is 0.130 e. The summed E-state index contributed by atoms with van der Waals surface area (Å²) in [6.07, 6.45) is 2.68. The number of nitrogens with one attached hydrogen (secondary N) is 1. The van der Waals surface area contributed by atoms with E-state index in [1.54, 1.807) is 7.11 Å². The first kappa shape index (κ1) is 15.8. The summed E-state index contributed by atoms with van der Waals surface area (Å²) >= 11 is 0. The Bertz CT molecular complexity index is 483. The highest BCUT2D eigenvalue weighted by Crippen LogP contribution is 2.20. The monoisotopic (exact) mass is 290 g/mol. The molecule has 116 valence electrons. The number of nitrogens with two attached hydrogens (primary N) is 1. The number of rotatable bonds is 7. The average Bonchev–Trinajstić information content (AvgIpc) is 2.98. The Morgan fingerprint density at radius 2 is 2.10 bits per heavy atom. The first-order valence-electron chi connectivity index (χ1n) is 7.52. The van der Waals surface area contributed by atoms with Crippen LogP contribution in [0.2, 0.25) is 0 Å². The van der Waals surface area contributed by atoms with E-state index in [9.17, 15) is 0 Å². The van der Waals surface area contributed by atoms with Gasteiger partial charge in [0.25, 0.3) is 0 Å². The van der Waals surface area contributed by atoms with Crippen molar-refractivity contribution in [2.75, 3.05) is 40.3 Å². The summed E-state index contributed by atoms with van der Waals surface area (Å²) in [5, 5.41) is 7.53. The minimum Gasteiger partial charge on any atom is -0.496 e. The number of nitrogens with zero attached hydrogens (tertiary/aromatic N) is 2. The predicted molar refractivity (Wildman–Crippen MR) is 86.0 cm³/mol. The Morgan fingerprint density at radius 3 is 2.71 bits per heavy atom. The third-order valence-corrected chi connectivity index (χ3v) is 4.01. The molecule has 1 aliphatic rings. The number of amidine groups is 1. The predicted octanol–water partition coefficient (Wildman–Crippen LogP) is 1.51. The highest BCUT2D eigenvalue weighted by atomic mass is 16.5. The van der Waals surface area contributed by atoms with Crippen molar-refractivity contribution in [3.8, 4) is 5.75 Å². The topological polar surface area (TPSA) is 65.6 Å². The van der Waals surface area contributed by atoms with Gasteiger partial charge < -0.3 is 20.3 Å². The number of hydrogen-bond donors (Lipinski definition) is 2. The van der Waals surface area contributed by atoms with Crippen molar-refractivity contribution in [1.29, 1.82) is 5.41 Å². The molecule has 0 bridgehead atoms. The van der Waals surface area contributed by atoms with Gasteiger partial charge in [0.05, 0.1) is 12.7 Å². The highest BCUT2D eigenvalue weighted by molar-refractivity contribution is 5.97. The summed E-state index contributed by atoms with van der Waals surface area (Å²) in [5.41, 5.74) is 7.38. The summed E-state index contributed by atoms with van der Waals surface area (Å²) in [7, 11) is 3.75. The lowest BCUT2D eigenvalue weighted by Crippen LogP contribution is -2.31. The molecule has 0 aromatic heterocycles. The second kappa shape index (κ2) is 7.43. The van der Waals surface area contributed by atoms with Gasteiger partial charge in [-0.2, -0.15) is 0 Å². The molecule has 0 radical (unpaired) electrons. The molecule has 1 aromatic carbocycles. The lowest BCUT2D eigenvalue weighted by atomic mass is 10.1. The fourth-order valence-corrected chi connectivity index (χ4v) is 2.77. The van der Waals surface area contributed by atoms with Crippen molar-refractivity contribution in [3.05, 3.63) is 29.3 Å². The van der Waals surface area contributed by atoms with Crippen molar-refractivity contribution in [1.82, 2.24) is 9.80 Å². The largest absolute Gasteiger partial charge is 0.496 e. The Kier molecular flexibility index (Phi) is 5.59. The number of ether oxygens (including phenoxy) is 1. The van der Waals surface area contributed by atoms with Crippen molar-refractivity contribution >= 4 is 5.84 Å². The van der Waals surface area contributed by atoms with E-state index in [2.05, 4.69) is 16.8 Å². The molecule has 1 aliphatic heterocycles. The van der Waals surface area contributed by atoms with Crippen LogP contribution in [-0.2, 0) is 6.54 Å². The zero-order chi connectivity index (χ0) is 15.2. The van der Waals surface area contributed by atoms with E-state index in [1.165, 1.54) is 31.5 Å². The molecule has 5 nitrogen and oxygen atoms in total. The van der Waals surface area contributed by atoms with Crippen LogP contribution in [0.1, 0.15) is 24.0 Å². The quantitative estimate of drug-likeness (QED) is 0.590. The standard InChI is InChI=1S/C16H26N4O/c1-19(9-10-20-7-3-4-8-20)12-13-5-6-14(16(17)18)15(11-13)21-2/h5-6,11H,3-4,7-10,12H2,1-2H3,(H3,17,18). The minimum atomic E-state index is 0.0424. The number of likely N-dealkylation sites (tertiary alicyclic amines) is 1. The average molecular weight is 290 g/mol. The number of methoxy groups -OCH3 is 1. The molecule has 1 aromatic rings. The Hall–Kier alpha value is -1.59. The third-order valence-electron chi connectivity index (χ3n) is 4.01. The van der Waals surface area contributed by atoms with Crippen LogP contribution in [0.5, 0.6) is 5.75 Å². The van der Waals surface area contributed by atoms with Gasteiger partial charge in [-0.25, -0.2) is 0 Å². The summed E-state index contributed by atoms with van der Waals surface area (Å²) in [6, 6.07) is 5.86. The van der Waals surface area contributed by atoms with Crippen molar-refractivity contribution < 1.29 is 4.74 Å². The van der Waals surface area contributed by atoms with Gasteiger partial charge in [0, 0.05) is 19.6 Å². The summed E-state index contributed by atoms with van der Waals surface area (Å²) < 4.78 is 5.32. The van der Waals surface area contributed by atoms with E-state index in [1.807, 2.05) is 18.2 Å². The molecule has 0 amide bonds. The SMILES string of the molecule is COc1cc(CN(C)CCN2CCCC2)ccc1C(=N)N. The molecule has 1 fully saturated rings. The Balaban J connectivity index is 1.90. The van der Waals surface area contributed by atoms with E-state index in [0.717, 1.165) is 19.6 Å². The van der Waals surface area contributed by atoms with Crippen molar-refractivity contribution in [2.24, 2.45) is 5.73 Å². The van der Waals surface area contributed by atoms with E-state index in [0.29, 0.717) is 11.3 Å². The fourth-order valence-electron chi connectivity index (χ4n) is 2.77. The zero-order valence-electron chi connectivity index (χ0n) is 13.1. The second-order valence-electron chi connectivity index (χ2n) is 5.73. The van der Waals surface area contributed by atoms with Crippen molar-refractivity contribution in [3.63, 3.8) is 0 Å². The molecule has 21 heavy (non-hydrogen) atoms. The van der Waals surface area contributed by atoms with Gasteiger partial charge in [-0.1, -0.05) is 6.07 Å². The fraction of sp³-hybridized carbons (Fsp3) is 0.562. The second-order valence-corrected chi connectivity index (χ2v) is 5.73. The Morgan fingerprint density at radius 1 is 1.38 bits per heavy atom. The molecule has 1 saturated heterocycles. The molecule has 0 atom stereocenters. The molecular formula is C16H26N4O. The van der Waals surface area contributed by atoms with Crippen LogP contribution in [0.25, 0.3) is 0 Å². The maximum atomic E-state index is 7.53. The molecule has 0 aliphatic carbocycles. The summed E-state index contributed by atoms with van der Waals surface area (Å²) in [6.45, 7) is 5.57. The van der Waals surface area contributed by atoms with Gasteiger partial charge in [0.2, 0.25) is 0 Å². The molecule has 3 N–H and O–H groups in total. The third kappa shape index (κ3) is 4.44. The molecule has 0 saturated carbocycles. The molecular weight excluding hydrogens is 264 g/mol. The van der Waals surface area contributed by atoms with Crippen LogP contribution in [0.3, 0.4) is 0 Å². The lowest BCUT2D eigenvalue weighted by molar-refractivity contribution is 0.252. The van der Waals surface area contributed by atoms with Gasteiger partial charge >= 0.3 is 0 Å². The van der Waals surface area contributed by atoms with Gasteiger partial charge in [-0.3, -0.25) is 5.41 Å². The van der Waals surface area contributed by atoms with Crippen molar-refractivity contribution in [2.45, 2.75) is 19.4 Å². The van der Waals surface area contributed by atoms with Gasteiger partial charge in [0.1, 0.15) is 11.6 Å². The molecule has 0 unspecified atom stereocenters. The number of hydrogen-bond acceptors (Lipinski definition) is 4. The number of likely N-dealkylation sites (N-methyl/N-ethyl adjacent to an activating group) is 1. The summed E-state index contributed by atoms with van der Waals surface area (Å²) in [4.78, 5) is 4.84. The van der Waals surface area contributed by atoms with Gasteiger partial charge in [-0.15, -0.1) is 0 Å². The van der Waals surface area contributed by atoms with Crippen LogP contribution in [0.15, 0.2) is 18.2 Å². The molecule has 0 spiro atoms. The summed E-state index contributed by atoms with van der Waals surface area (Å²) in [5.74, 6) is 0.716. The first-order valence-corrected chi connectivity index (χ1v) is 7.52. The highest BCUT2D eigenvalue weighted by Gasteiger charge is 2.12. The van der Waals surface area contributed by atoms with Crippen LogP contribution >= 0.6 is 0 Å². The molecule has 1 heterocycles. The smallest absolute Gasteiger partial charge is 0.130 e. The molecule has 5 heteroatoms. The Labute approximate surface area is 127 Å². The van der Waals surface area contributed by atoms with Crippen LogP contribution in [0, 0.1) is 5.41 Å². The molecule has 2 rings (SSSR count). The van der Waals surface area contributed by atoms with Crippen LogP contribution in [-0.4, -0.2) is 56.0 Å². The number of benzene rings is 1. The van der Waals surface area contributed by atoms with Gasteiger partial charge in [0.15, 0.2) is 0 Å². The van der Waals surface area contributed by atoms with E-state index >= 15 is 0 Å². The maximum absolute atomic E-state index is 7.53. The van der Waals surface area contributed by atoms with Crippen LogP contribution in [0.4, 0.5) is 0 Å². The first-order chi connectivity index (χ1) is 10.1. The minimum absolute atomic E-state index is 0.0424. The lowest BCUT2D eigenvalue weighted by Gasteiger charge is -2.21. The van der Waals surface area contributed by atoms with Crippen LogP contribution < -0.4 is 10.5 Å². The normalized spacial score (nSPS) is 15.6. The van der Waals surface area contributed by atoms with Gasteiger partial charge in [-0.05, 0) is 50.7 Å². The number of nitrogen functional groups attached to an aromatic ring is 1. The van der Waals surface area contributed by atoms with E-state index in [-0.39, 0.29) is 5.84 Å². The zero-order valence-corrected chi connectivity index (χ0v) is 13.1. The van der Waals surface area contributed by atoms with E-state index in [4.69, 9.17) is 15.9 Å². The van der Waals surface area contributed by atoms with E-state index < -0.39 is 0 Å².